The van der Waals surface area contributed by atoms with E-state index >= 15 is 0 Å². The monoisotopic (exact) mass is 198 g/mol. The van der Waals surface area contributed by atoms with Gasteiger partial charge in [-0.3, -0.25) is 0 Å². The predicted molar refractivity (Wildman–Crippen MR) is 43.4 cm³/mol. The Bertz CT molecular complexity index is 333. The minimum absolute atomic E-state index is 0.0843. The average Bonchev–Trinajstić information content (AvgIpc) is 1.83. The van der Waals surface area contributed by atoms with Crippen LogP contribution < -0.4 is 0 Å². The maximum absolute atomic E-state index is 10.7. The van der Waals surface area contributed by atoms with Gasteiger partial charge in [-0.05, 0) is 0 Å². The zero-order chi connectivity index (χ0) is 9.12. The molecule has 0 saturated carbocycles. The summed E-state index contributed by atoms with van der Waals surface area (Å²) in [5, 5.41) is 1.40. The molecule has 0 atom stereocenters. The van der Waals surface area contributed by atoms with Crippen LogP contribution in [0.3, 0.4) is 0 Å². The largest absolute Gasteiger partial charge is 0.225 e. The first kappa shape index (κ1) is 10.6. The molecule has 0 aliphatic heterocycles. The van der Waals surface area contributed by atoms with Crippen molar-refractivity contribution in [3.8, 4) is 0 Å². The van der Waals surface area contributed by atoms with E-state index in [2.05, 4.69) is 0 Å². The molecule has 0 rings (SSSR count). The van der Waals surface area contributed by atoms with Crippen LogP contribution in [0.15, 0.2) is 10.8 Å². The molecule has 0 saturated heterocycles. The Labute approximate surface area is 66.8 Å². The third-order valence-electron chi connectivity index (χ3n) is 0.912. The van der Waals surface area contributed by atoms with Gasteiger partial charge in [-0.1, -0.05) is 6.92 Å². The van der Waals surface area contributed by atoms with Gasteiger partial charge in [0.05, 0.1) is 5.75 Å². The SMILES string of the molecule is CCS(=O)(=O)C=CS(C)(=O)=O. The van der Waals surface area contributed by atoms with Crippen molar-refractivity contribution >= 4 is 19.7 Å². The van der Waals surface area contributed by atoms with Crippen molar-refractivity contribution in [3.63, 3.8) is 0 Å². The van der Waals surface area contributed by atoms with Gasteiger partial charge in [-0.2, -0.15) is 0 Å². The Balaban J connectivity index is 4.66. The normalized spacial score (nSPS) is 14.0. The molecule has 0 aromatic carbocycles. The van der Waals surface area contributed by atoms with Crippen molar-refractivity contribution < 1.29 is 16.8 Å². The van der Waals surface area contributed by atoms with Crippen LogP contribution in [-0.2, 0) is 19.7 Å². The van der Waals surface area contributed by atoms with Crippen LogP contribution in [0.5, 0.6) is 0 Å². The van der Waals surface area contributed by atoms with Crippen LogP contribution in [0.2, 0.25) is 0 Å². The van der Waals surface area contributed by atoms with Crippen LogP contribution in [0.1, 0.15) is 6.92 Å². The van der Waals surface area contributed by atoms with Crippen molar-refractivity contribution in [3.05, 3.63) is 10.8 Å². The molecule has 0 aliphatic rings. The van der Waals surface area contributed by atoms with Crippen molar-refractivity contribution in [1.82, 2.24) is 0 Å². The van der Waals surface area contributed by atoms with Crippen LogP contribution in [0.25, 0.3) is 0 Å². The van der Waals surface area contributed by atoms with E-state index < -0.39 is 19.7 Å². The first-order valence-electron chi connectivity index (χ1n) is 2.88. The van der Waals surface area contributed by atoms with E-state index in [0.717, 1.165) is 6.26 Å². The highest BCUT2D eigenvalue weighted by Gasteiger charge is 2.02. The maximum Gasteiger partial charge on any atom is 0.172 e. The standard InChI is InChI=1S/C5H10O4S2/c1-3-11(8,9)5-4-10(2,6)7/h4-5H,3H2,1-2H3. The van der Waals surface area contributed by atoms with E-state index in [-0.39, 0.29) is 5.75 Å². The van der Waals surface area contributed by atoms with Crippen molar-refractivity contribution in [2.45, 2.75) is 6.92 Å². The molecule has 0 unspecified atom stereocenters. The van der Waals surface area contributed by atoms with E-state index in [1.54, 1.807) is 0 Å². The van der Waals surface area contributed by atoms with Crippen LogP contribution >= 0.6 is 0 Å². The maximum atomic E-state index is 10.7. The molecule has 0 radical (unpaired) electrons. The third-order valence-corrected chi connectivity index (χ3v) is 3.07. The number of hydrogen-bond acceptors (Lipinski definition) is 4. The Morgan fingerprint density at radius 2 is 1.55 bits per heavy atom. The molecule has 0 aromatic heterocycles. The van der Waals surface area contributed by atoms with Gasteiger partial charge in [-0.25, -0.2) is 16.8 Å². The van der Waals surface area contributed by atoms with Gasteiger partial charge < -0.3 is 0 Å². The Kier molecular flexibility index (Phi) is 3.25. The number of rotatable bonds is 3. The quantitative estimate of drug-likeness (QED) is 0.637. The second-order valence-corrected chi connectivity index (χ2v) is 6.16. The van der Waals surface area contributed by atoms with E-state index in [1.807, 2.05) is 0 Å². The van der Waals surface area contributed by atoms with Gasteiger partial charge in [-0.15, -0.1) is 0 Å². The lowest BCUT2D eigenvalue weighted by Gasteiger charge is -1.89. The molecular formula is C5H10O4S2. The molecule has 66 valence electrons. The van der Waals surface area contributed by atoms with Gasteiger partial charge in [0.25, 0.3) is 0 Å². The van der Waals surface area contributed by atoms with Crippen molar-refractivity contribution in [1.29, 1.82) is 0 Å². The van der Waals surface area contributed by atoms with Crippen LogP contribution in [0, 0.1) is 0 Å². The van der Waals surface area contributed by atoms with Crippen molar-refractivity contribution in [2.75, 3.05) is 12.0 Å². The fourth-order valence-electron chi connectivity index (χ4n) is 0.282. The molecule has 0 amide bonds. The summed E-state index contributed by atoms with van der Waals surface area (Å²) in [6.45, 7) is 1.45. The number of hydrogen-bond donors (Lipinski definition) is 0. The van der Waals surface area contributed by atoms with E-state index in [0.29, 0.717) is 10.8 Å². The first-order chi connectivity index (χ1) is 4.77. The second-order valence-electron chi connectivity index (χ2n) is 2.05. The van der Waals surface area contributed by atoms with Gasteiger partial charge in [0, 0.05) is 17.1 Å². The predicted octanol–water partition coefficient (Wildman–Crippen LogP) is -0.0631. The van der Waals surface area contributed by atoms with Crippen molar-refractivity contribution in [2.24, 2.45) is 0 Å². The van der Waals surface area contributed by atoms with E-state index in [1.165, 1.54) is 6.92 Å². The molecule has 0 fully saturated rings. The van der Waals surface area contributed by atoms with Crippen LogP contribution in [-0.4, -0.2) is 28.8 Å². The molecule has 0 aliphatic carbocycles. The summed E-state index contributed by atoms with van der Waals surface area (Å²) in [6, 6.07) is 0. The molecule has 0 spiro atoms. The minimum Gasteiger partial charge on any atom is -0.225 e. The zero-order valence-electron chi connectivity index (χ0n) is 6.31. The zero-order valence-corrected chi connectivity index (χ0v) is 7.94. The average molecular weight is 198 g/mol. The lowest BCUT2D eigenvalue weighted by molar-refractivity contribution is 0.603. The Hall–Kier alpha value is -0.360. The first-order valence-corrected chi connectivity index (χ1v) is 6.55. The molecular weight excluding hydrogens is 188 g/mol. The third kappa shape index (κ3) is 6.05. The summed E-state index contributed by atoms with van der Waals surface area (Å²) in [4.78, 5) is 0. The van der Waals surface area contributed by atoms with Gasteiger partial charge in [0.1, 0.15) is 0 Å². The van der Waals surface area contributed by atoms with Gasteiger partial charge in [0.2, 0.25) is 0 Å². The fraction of sp³-hybridized carbons (Fsp3) is 0.600. The van der Waals surface area contributed by atoms with Gasteiger partial charge in [0.15, 0.2) is 19.7 Å². The summed E-state index contributed by atoms with van der Waals surface area (Å²) >= 11 is 0. The molecule has 6 heteroatoms. The molecule has 11 heavy (non-hydrogen) atoms. The molecule has 4 nitrogen and oxygen atoms in total. The Morgan fingerprint density at radius 3 is 1.82 bits per heavy atom. The van der Waals surface area contributed by atoms with Gasteiger partial charge >= 0.3 is 0 Å². The second kappa shape index (κ2) is 3.36. The Morgan fingerprint density at radius 1 is 1.09 bits per heavy atom. The van der Waals surface area contributed by atoms with Crippen LogP contribution in [0.4, 0.5) is 0 Å². The summed E-state index contributed by atoms with van der Waals surface area (Å²) in [5.41, 5.74) is 0. The fourth-order valence-corrected chi connectivity index (χ4v) is 1.96. The summed E-state index contributed by atoms with van der Waals surface area (Å²) < 4.78 is 42.3. The summed E-state index contributed by atoms with van der Waals surface area (Å²) in [6.07, 6.45) is 0.939. The molecule has 0 aromatic rings. The smallest absolute Gasteiger partial charge is 0.172 e. The lowest BCUT2D eigenvalue weighted by atomic mass is 11.0. The molecule has 0 bridgehead atoms. The van der Waals surface area contributed by atoms with E-state index in [4.69, 9.17) is 0 Å². The lowest BCUT2D eigenvalue weighted by Crippen LogP contribution is -1.99. The highest BCUT2D eigenvalue weighted by atomic mass is 32.2. The summed E-state index contributed by atoms with van der Waals surface area (Å²) in [5.74, 6) is -0.0843. The topological polar surface area (TPSA) is 68.3 Å². The molecule has 0 N–H and O–H groups in total. The highest BCUT2D eigenvalue weighted by molar-refractivity contribution is 7.97. The highest BCUT2D eigenvalue weighted by Crippen LogP contribution is 1.94. The molecule has 0 heterocycles. The van der Waals surface area contributed by atoms with E-state index in [9.17, 15) is 16.8 Å². The summed E-state index contributed by atoms with van der Waals surface area (Å²) in [7, 11) is -6.64. The minimum atomic E-state index is -3.33. The number of sulfone groups is 2.